The first-order chi connectivity index (χ1) is 11.5. The molecule has 24 heavy (non-hydrogen) atoms. The summed E-state index contributed by atoms with van der Waals surface area (Å²) in [6.45, 7) is 5.62. The van der Waals surface area contributed by atoms with Gasteiger partial charge < -0.3 is 14.8 Å². The normalized spacial score (nSPS) is 15.9. The summed E-state index contributed by atoms with van der Waals surface area (Å²) in [6, 6.07) is 5.84. The molecule has 1 heterocycles. The highest BCUT2D eigenvalue weighted by Gasteiger charge is 2.25. The summed E-state index contributed by atoms with van der Waals surface area (Å²) in [5.74, 6) is 0.922. The molecule has 0 atom stereocenters. The van der Waals surface area contributed by atoms with Crippen LogP contribution in [-0.4, -0.2) is 37.4 Å². The summed E-state index contributed by atoms with van der Waals surface area (Å²) in [4.78, 5) is 23.4. The van der Waals surface area contributed by atoms with Crippen LogP contribution in [0.4, 0.5) is 4.79 Å². The van der Waals surface area contributed by atoms with Crippen molar-refractivity contribution in [3.05, 3.63) is 28.7 Å². The Bertz CT molecular complexity index is 643. The number of rotatable bonds is 8. The van der Waals surface area contributed by atoms with Crippen LogP contribution >= 0.6 is 11.8 Å². The first kappa shape index (κ1) is 18.4. The average molecular weight is 350 g/mol. The predicted octanol–water partition coefficient (Wildman–Crippen LogP) is 2.79. The fraction of sp³-hybridized carbons (Fsp3) is 0.412. The molecule has 0 unspecified atom stereocenters. The van der Waals surface area contributed by atoms with Crippen molar-refractivity contribution in [2.75, 3.05) is 20.3 Å². The maximum Gasteiger partial charge on any atom is 0.290 e. The predicted molar refractivity (Wildman–Crippen MR) is 95.4 cm³/mol. The maximum absolute atomic E-state index is 11.7. The zero-order valence-electron chi connectivity index (χ0n) is 14.0. The Hall–Kier alpha value is -1.99. The van der Waals surface area contributed by atoms with Gasteiger partial charge in [0.2, 0.25) is 0 Å². The minimum atomic E-state index is -0.389. The van der Waals surface area contributed by atoms with E-state index in [-0.39, 0.29) is 11.1 Å². The van der Waals surface area contributed by atoms with Crippen molar-refractivity contribution in [3.8, 4) is 11.5 Å². The number of carbonyl (C=O) groups excluding carboxylic acids is 2. The Labute approximate surface area is 146 Å². The number of thioether (sulfide) groups is 1. The molecule has 1 aliphatic rings. The van der Waals surface area contributed by atoms with E-state index in [2.05, 4.69) is 24.5 Å². The van der Waals surface area contributed by atoms with Gasteiger partial charge in [-0.2, -0.15) is 0 Å². The number of carbonyl (C=O) groups is 2. The van der Waals surface area contributed by atoms with E-state index in [4.69, 9.17) is 9.47 Å². The summed E-state index contributed by atoms with van der Waals surface area (Å²) in [5, 5.41) is 5.21. The number of methoxy groups -OCH3 is 1. The Balaban J connectivity index is 2.09. The van der Waals surface area contributed by atoms with Crippen molar-refractivity contribution >= 4 is 29.0 Å². The molecule has 2 N–H and O–H groups in total. The monoisotopic (exact) mass is 350 g/mol. The van der Waals surface area contributed by atoms with Gasteiger partial charge in [0.25, 0.3) is 11.1 Å². The highest BCUT2D eigenvalue weighted by atomic mass is 32.2. The van der Waals surface area contributed by atoms with Gasteiger partial charge in [-0.3, -0.25) is 14.9 Å². The number of hydrogen-bond acceptors (Lipinski definition) is 6. The van der Waals surface area contributed by atoms with E-state index in [1.165, 1.54) is 0 Å². The van der Waals surface area contributed by atoms with Gasteiger partial charge in [0, 0.05) is 11.6 Å². The lowest BCUT2D eigenvalue weighted by Crippen LogP contribution is -2.24. The lowest BCUT2D eigenvalue weighted by atomic mass is 10.1. The fourth-order valence-electron chi connectivity index (χ4n) is 2.11. The van der Waals surface area contributed by atoms with Gasteiger partial charge in [0.1, 0.15) is 11.5 Å². The number of benzene rings is 1. The van der Waals surface area contributed by atoms with Crippen LogP contribution in [0.15, 0.2) is 23.1 Å². The van der Waals surface area contributed by atoms with Crippen molar-refractivity contribution in [1.82, 2.24) is 10.6 Å². The third-order valence-electron chi connectivity index (χ3n) is 3.28. The van der Waals surface area contributed by atoms with Gasteiger partial charge in [-0.25, -0.2) is 0 Å². The maximum atomic E-state index is 11.7. The molecule has 1 fully saturated rings. The molecule has 130 valence electrons. The number of amides is 2. The second-order valence-electron chi connectivity index (χ2n) is 5.57. The summed E-state index contributed by atoms with van der Waals surface area (Å²) in [5.41, 5.74) is 0.707. The van der Waals surface area contributed by atoms with Gasteiger partial charge in [-0.05, 0) is 49.0 Å². The molecule has 0 bridgehead atoms. The van der Waals surface area contributed by atoms with Crippen LogP contribution in [0, 0.1) is 0 Å². The van der Waals surface area contributed by atoms with Gasteiger partial charge in [-0.1, -0.05) is 13.8 Å². The molecule has 6 nitrogen and oxygen atoms in total. The summed E-state index contributed by atoms with van der Waals surface area (Å²) in [7, 11) is 1.57. The first-order valence-corrected chi connectivity index (χ1v) is 8.60. The third kappa shape index (κ3) is 5.28. The second kappa shape index (κ2) is 8.75. The Morgan fingerprint density at radius 3 is 2.75 bits per heavy atom. The molecule has 1 aliphatic heterocycles. The standard InChI is InChI=1S/C17H22N2O4S/c1-11(2)18-7-4-8-23-14-6-5-13(22-3)9-12(14)10-15-16(20)19-17(21)24-15/h5-6,9-11,18H,4,7-8H2,1-3H3,(H,19,20,21)/b15-10-. The van der Waals surface area contributed by atoms with E-state index < -0.39 is 0 Å². The number of nitrogens with one attached hydrogen (secondary N) is 2. The molecule has 0 spiro atoms. The Kier molecular flexibility index (Phi) is 6.69. The molecule has 0 aliphatic carbocycles. The molecule has 0 saturated carbocycles. The minimum absolute atomic E-state index is 0.347. The number of ether oxygens (including phenoxy) is 2. The van der Waals surface area contributed by atoms with E-state index in [1.807, 2.05) is 0 Å². The summed E-state index contributed by atoms with van der Waals surface area (Å²) >= 11 is 0.881. The van der Waals surface area contributed by atoms with E-state index in [0.717, 1.165) is 24.7 Å². The smallest absolute Gasteiger partial charge is 0.290 e. The van der Waals surface area contributed by atoms with E-state index >= 15 is 0 Å². The zero-order chi connectivity index (χ0) is 17.5. The molecule has 7 heteroatoms. The quantitative estimate of drug-likeness (QED) is 0.555. The van der Waals surface area contributed by atoms with Crippen molar-refractivity contribution < 1.29 is 19.1 Å². The molecule has 1 aromatic rings. The molecular formula is C17H22N2O4S. The van der Waals surface area contributed by atoms with E-state index in [1.54, 1.807) is 31.4 Å². The SMILES string of the molecule is COc1ccc(OCCCNC(C)C)c(/C=C2\SC(=O)NC2=O)c1. The molecule has 1 aromatic carbocycles. The van der Waals surface area contributed by atoms with Crippen LogP contribution in [0.25, 0.3) is 6.08 Å². The molecule has 2 rings (SSSR count). The number of imide groups is 1. The van der Waals surface area contributed by atoms with Crippen LogP contribution in [0.1, 0.15) is 25.8 Å². The van der Waals surface area contributed by atoms with Crippen LogP contribution in [0.3, 0.4) is 0 Å². The third-order valence-corrected chi connectivity index (χ3v) is 4.09. The second-order valence-corrected chi connectivity index (χ2v) is 6.58. The highest BCUT2D eigenvalue weighted by molar-refractivity contribution is 8.18. The van der Waals surface area contributed by atoms with Crippen molar-refractivity contribution in [3.63, 3.8) is 0 Å². The van der Waals surface area contributed by atoms with E-state index in [9.17, 15) is 9.59 Å². The summed E-state index contributed by atoms with van der Waals surface area (Å²) < 4.78 is 11.0. The highest BCUT2D eigenvalue weighted by Crippen LogP contribution is 2.31. The largest absolute Gasteiger partial charge is 0.497 e. The van der Waals surface area contributed by atoms with Gasteiger partial charge in [0.15, 0.2) is 0 Å². The Morgan fingerprint density at radius 1 is 1.33 bits per heavy atom. The van der Waals surface area contributed by atoms with Crippen LogP contribution in [-0.2, 0) is 4.79 Å². The first-order valence-electron chi connectivity index (χ1n) is 7.78. The van der Waals surface area contributed by atoms with Crippen molar-refractivity contribution in [2.45, 2.75) is 26.3 Å². The lowest BCUT2D eigenvalue weighted by Gasteiger charge is -2.12. The van der Waals surface area contributed by atoms with Gasteiger partial charge in [-0.15, -0.1) is 0 Å². The Morgan fingerprint density at radius 2 is 2.12 bits per heavy atom. The topological polar surface area (TPSA) is 76.7 Å². The minimum Gasteiger partial charge on any atom is -0.497 e. The van der Waals surface area contributed by atoms with Crippen LogP contribution < -0.4 is 20.1 Å². The fourth-order valence-corrected chi connectivity index (χ4v) is 2.78. The molecule has 0 radical (unpaired) electrons. The zero-order valence-corrected chi connectivity index (χ0v) is 14.9. The van der Waals surface area contributed by atoms with Crippen LogP contribution in [0.2, 0.25) is 0 Å². The lowest BCUT2D eigenvalue weighted by molar-refractivity contribution is -0.115. The van der Waals surface area contributed by atoms with E-state index in [0.29, 0.717) is 34.6 Å². The van der Waals surface area contributed by atoms with Gasteiger partial charge in [0.05, 0.1) is 18.6 Å². The van der Waals surface area contributed by atoms with Gasteiger partial charge >= 0.3 is 0 Å². The molecule has 1 saturated heterocycles. The number of hydrogen-bond donors (Lipinski definition) is 2. The average Bonchev–Trinajstić information content (AvgIpc) is 2.85. The molecule has 2 amide bonds. The van der Waals surface area contributed by atoms with Crippen LogP contribution in [0.5, 0.6) is 11.5 Å². The summed E-state index contributed by atoms with van der Waals surface area (Å²) in [6.07, 6.45) is 2.52. The molecular weight excluding hydrogens is 328 g/mol. The van der Waals surface area contributed by atoms with Crippen molar-refractivity contribution in [1.29, 1.82) is 0 Å². The van der Waals surface area contributed by atoms with Crippen molar-refractivity contribution in [2.24, 2.45) is 0 Å². The molecule has 0 aromatic heterocycles.